The Balaban J connectivity index is 1.36. The Labute approximate surface area is 201 Å². The lowest BCUT2D eigenvalue weighted by atomic mass is 9.98. The number of carbonyl (C=O) groups is 3. The molecule has 35 heavy (non-hydrogen) atoms. The number of ether oxygens (including phenoxy) is 2. The Morgan fingerprint density at radius 1 is 1.06 bits per heavy atom. The highest BCUT2D eigenvalue weighted by molar-refractivity contribution is 5.86. The average molecular weight is 479 g/mol. The number of carboxylic acid groups (broad SMARTS) is 1. The molecule has 2 amide bonds. The van der Waals surface area contributed by atoms with Crippen molar-refractivity contribution in [3.8, 4) is 11.1 Å². The topological polar surface area (TPSA) is 143 Å². The number of amides is 2. The van der Waals surface area contributed by atoms with Crippen molar-refractivity contribution >= 4 is 18.0 Å². The van der Waals surface area contributed by atoms with E-state index in [0.717, 1.165) is 22.3 Å². The van der Waals surface area contributed by atoms with E-state index in [-0.39, 0.29) is 32.1 Å². The molecule has 0 fully saturated rings. The Hall–Kier alpha value is -4.18. The fraction of sp³-hybridized carbons (Fsp3) is 0.280. The van der Waals surface area contributed by atoms with Crippen LogP contribution in [0.4, 0.5) is 4.79 Å². The zero-order chi connectivity index (χ0) is 24.6. The van der Waals surface area contributed by atoms with Gasteiger partial charge in [-0.25, -0.2) is 14.6 Å². The lowest BCUT2D eigenvalue weighted by Gasteiger charge is -2.19. The molecule has 4 N–H and O–H groups in total. The number of aromatic nitrogens is 2. The van der Waals surface area contributed by atoms with Crippen molar-refractivity contribution in [2.75, 3.05) is 26.4 Å². The molecular formula is C25H26N4O6. The fourth-order valence-corrected chi connectivity index (χ4v) is 4.14. The third kappa shape index (κ3) is 6.04. The van der Waals surface area contributed by atoms with E-state index in [0.29, 0.717) is 5.69 Å². The van der Waals surface area contributed by atoms with Crippen molar-refractivity contribution in [1.29, 1.82) is 0 Å². The van der Waals surface area contributed by atoms with Crippen molar-refractivity contribution < 1.29 is 29.0 Å². The van der Waals surface area contributed by atoms with Gasteiger partial charge in [0.25, 0.3) is 0 Å². The Kier molecular flexibility index (Phi) is 7.74. The minimum absolute atomic E-state index is 0.0275. The van der Waals surface area contributed by atoms with Gasteiger partial charge >= 0.3 is 12.1 Å². The average Bonchev–Trinajstić information content (AvgIpc) is 3.48. The second-order valence-electron chi connectivity index (χ2n) is 8.04. The molecule has 0 saturated heterocycles. The summed E-state index contributed by atoms with van der Waals surface area (Å²) in [6.45, 7) is -0.204. The van der Waals surface area contributed by atoms with Crippen LogP contribution in [0, 0.1) is 0 Å². The zero-order valence-electron chi connectivity index (χ0n) is 18.9. The molecular weight excluding hydrogens is 452 g/mol. The molecule has 0 radical (unpaired) electrons. The van der Waals surface area contributed by atoms with E-state index in [4.69, 9.17) is 14.6 Å². The van der Waals surface area contributed by atoms with Crippen LogP contribution in [0.5, 0.6) is 0 Å². The maximum Gasteiger partial charge on any atom is 0.407 e. The van der Waals surface area contributed by atoms with E-state index in [1.165, 1.54) is 6.33 Å². The van der Waals surface area contributed by atoms with Gasteiger partial charge in [0.1, 0.15) is 19.3 Å². The van der Waals surface area contributed by atoms with E-state index in [1.54, 1.807) is 6.20 Å². The second kappa shape index (κ2) is 11.3. The zero-order valence-corrected chi connectivity index (χ0v) is 18.9. The van der Waals surface area contributed by atoms with Gasteiger partial charge in [0.15, 0.2) is 0 Å². The minimum Gasteiger partial charge on any atom is -0.480 e. The van der Waals surface area contributed by atoms with Crippen LogP contribution in [0.2, 0.25) is 0 Å². The first-order valence-electron chi connectivity index (χ1n) is 11.2. The van der Waals surface area contributed by atoms with Gasteiger partial charge in [-0.05, 0) is 22.3 Å². The van der Waals surface area contributed by atoms with E-state index in [1.807, 2.05) is 36.4 Å². The molecule has 182 valence electrons. The van der Waals surface area contributed by atoms with Gasteiger partial charge in [-0.1, -0.05) is 48.5 Å². The maximum absolute atomic E-state index is 12.7. The maximum atomic E-state index is 12.7. The summed E-state index contributed by atoms with van der Waals surface area (Å²) in [5, 5.41) is 13.9. The predicted octanol–water partition coefficient (Wildman–Crippen LogP) is 2.08. The van der Waals surface area contributed by atoms with Gasteiger partial charge < -0.3 is 30.2 Å². The largest absolute Gasteiger partial charge is 0.480 e. The van der Waals surface area contributed by atoms with E-state index in [2.05, 4.69) is 32.7 Å². The van der Waals surface area contributed by atoms with Crippen LogP contribution in [-0.4, -0.2) is 65.5 Å². The molecule has 3 aromatic rings. The molecule has 1 heterocycles. The SMILES string of the molecule is O=C(O)COCCNC(=O)C(Cc1cnc[nH]1)NC(=O)OCC1c2ccccc2-c2ccccc21. The summed E-state index contributed by atoms with van der Waals surface area (Å²) in [6.07, 6.45) is 2.51. The third-order valence-corrected chi connectivity index (χ3v) is 5.70. The number of carboxylic acids is 1. The van der Waals surface area contributed by atoms with Gasteiger partial charge in [0.2, 0.25) is 5.91 Å². The van der Waals surface area contributed by atoms with Gasteiger partial charge in [0.05, 0.1) is 12.9 Å². The number of aromatic amines is 1. The summed E-state index contributed by atoms with van der Waals surface area (Å²) >= 11 is 0. The molecule has 0 saturated carbocycles. The summed E-state index contributed by atoms with van der Waals surface area (Å²) in [7, 11) is 0. The summed E-state index contributed by atoms with van der Waals surface area (Å²) in [5.74, 6) is -1.64. The Morgan fingerprint density at radius 2 is 1.74 bits per heavy atom. The highest BCUT2D eigenvalue weighted by Gasteiger charge is 2.30. The molecule has 4 rings (SSSR count). The molecule has 1 aliphatic carbocycles. The molecule has 1 unspecified atom stereocenters. The number of imidazole rings is 1. The number of alkyl carbamates (subject to hydrolysis) is 1. The number of hydrogen-bond donors (Lipinski definition) is 4. The van der Waals surface area contributed by atoms with Crippen molar-refractivity contribution in [2.24, 2.45) is 0 Å². The van der Waals surface area contributed by atoms with Crippen LogP contribution in [0.15, 0.2) is 61.1 Å². The monoisotopic (exact) mass is 478 g/mol. The standard InChI is InChI=1S/C25H26N4O6/c30-23(31)14-34-10-9-27-24(32)22(11-16-12-26-15-28-16)29-25(33)35-13-21-19-7-3-1-5-17(19)18-6-2-4-8-20(18)21/h1-8,12,15,21-22H,9-11,13-14H2,(H,26,28)(H,27,32)(H,29,33)(H,30,31). The number of nitrogens with zero attached hydrogens (tertiary/aromatic N) is 1. The lowest BCUT2D eigenvalue weighted by Crippen LogP contribution is -2.49. The fourth-order valence-electron chi connectivity index (χ4n) is 4.14. The second-order valence-corrected chi connectivity index (χ2v) is 8.04. The molecule has 0 spiro atoms. The van der Waals surface area contributed by atoms with E-state index < -0.39 is 30.6 Å². The molecule has 10 nitrogen and oxygen atoms in total. The first-order valence-corrected chi connectivity index (χ1v) is 11.2. The smallest absolute Gasteiger partial charge is 0.407 e. The predicted molar refractivity (Wildman–Crippen MR) is 126 cm³/mol. The van der Waals surface area contributed by atoms with Gasteiger partial charge in [-0.3, -0.25) is 4.79 Å². The number of nitrogens with one attached hydrogen (secondary N) is 3. The molecule has 0 aliphatic heterocycles. The van der Waals surface area contributed by atoms with E-state index >= 15 is 0 Å². The lowest BCUT2D eigenvalue weighted by molar-refractivity contribution is -0.142. The number of rotatable bonds is 11. The molecule has 1 atom stereocenters. The van der Waals surface area contributed by atoms with Crippen LogP contribution < -0.4 is 10.6 Å². The van der Waals surface area contributed by atoms with E-state index in [9.17, 15) is 14.4 Å². The molecule has 0 bridgehead atoms. The van der Waals surface area contributed by atoms with Crippen molar-refractivity contribution in [3.05, 3.63) is 77.9 Å². The van der Waals surface area contributed by atoms with Crippen molar-refractivity contribution in [1.82, 2.24) is 20.6 Å². The summed E-state index contributed by atoms with van der Waals surface area (Å²) in [4.78, 5) is 42.8. The highest BCUT2D eigenvalue weighted by Crippen LogP contribution is 2.44. The molecule has 1 aliphatic rings. The highest BCUT2D eigenvalue weighted by atomic mass is 16.5. The van der Waals surface area contributed by atoms with Gasteiger partial charge in [-0.15, -0.1) is 0 Å². The van der Waals surface area contributed by atoms with Crippen LogP contribution in [0.3, 0.4) is 0 Å². The summed E-state index contributed by atoms with van der Waals surface area (Å²) < 4.78 is 10.5. The Bertz CT molecular complexity index is 1130. The summed E-state index contributed by atoms with van der Waals surface area (Å²) in [6, 6.07) is 15.1. The quantitative estimate of drug-likeness (QED) is 0.309. The van der Waals surface area contributed by atoms with Crippen LogP contribution >= 0.6 is 0 Å². The number of aliphatic carboxylic acids is 1. The Morgan fingerprint density at radius 3 is 2.37 bits per heavy atom. The summed E-state index contributed by atoms with van der Waals surface area (Å²) in [5.41, 5.74) is 5.09. The first-order chi connectivity index (χ1) is 17.0. The number of hydrogen-bond acceptors (Lipinski definition) is 6. The first kappa shape index (κ1) is 24.0. The third-order valence-electron chi connectivity index (χ3n) is 5.70. The minimum atomic E-state index is -1.09. The number of benzene rings is 2. The van der Waals surface area contributed by atoms with Crippen LogP contribution in [0.25, 0.3) is 11.1 Å². The molecule has 2 aromatic carbocycles. The number of H-pyrrole nitrogens is 1. The number of fused-ring (bicyclic) bond motifs is 3. The molecule has 10 heteroatoms. The van der Waals surface area contributed by atoms with Gasteiger partial charge in [0, 0.05) is 30.8 Å². The van der Waals surface area contributed by atoms with Crippen LogP contribution in [-0.2, 0) is 25.5 Å². The number of carbonyl (C=O) groups excluding carboxylic acids is 2. The normalized spacial score (nSPS) is 12.9. The van der Waals surface area contributed by atoms with Crippen molar-refractivity contribution in [2.45, 2.75) is 18.4 Å². The van der Waals surface area contributed by atoms with Crippen LogP contribution in [0.1, 0.15) is 22.7 Å². The van der Waals surface area contributed by atoms with Gasteiger partial charge in [-0.2, -0.15) is 0 Å². The van der Waals surface area contributed by atoms with Crippen molar-refractivity contribution in [3.63, 3.8) is 0 Å². The molecule has 1 aromatic heterocycles.